The zero-order valence-corrected chi connectivity index (χ0v) is 13.8. The number of nitrogens with zero attached hydrogens (tertiary/aromatic N) is 2. The van der Waals surface area contributed by atoms with E-state index in [-0.39, 0.29) is 0 Å². The van der Waals surface area contributed by atoms with Crippen LogP contribution >= 0.6 is 11.3 Å². The van der Waals surface area contributed by atoms with Crippen LogP contribution in [-0.2, 0) is 13.5 Å². The molecule has 2 rings (SSSR count). The van der Waals surface area contributed by atoms with Gasteiger partial charge in [0.2, 0.25) is 0 Å². The predicted octanol–water partition coefficient (Wildman–Crippen LogP) is 4.16. The molecule has 0 spiro atoms. The molecule has 0 aliphatic heterocycles. The molecule has 110 valence electrons. The molecule has 0 saturated carbocycles. The van der Waals surface area contributed by atoms with Crippen LogP contribution < -0.4 is 5.32 Å². The second kappa shape index (κ2) is 7.04. The monoisotopic (exact) mass is 291 g/mol. The lowest BCUT2D eigenvalue weighted by Crippen LogP contribution is -2.20. The van der Waals surface area contributed by atoms with Crippen LogP contribution in [0.1, 0.15) is 50.2 Å². The Hall–Kier alpha value is -1.13. The molecule has 0 amide bonds. The lowest BCUT2D eigenvalue weighted by molar-refractivity contribution is 0.525. The summed E-state index contributed by atoms with van der Waals surface area (Å²) in [5.74, 6) is 0. The number of rotatable bonds is 7. The van der Waals surface area contributed by atoms with Crippen molar-refractivity contribution in [2.24, 2.45) is 7.05 Å². The third kappa shape index (κ3) is 3.30. The highest BCUT2D eigenvalue weighted by molar-refractivity contribution is 7.15. The molecule has 1 N–H and O–H groups in total. The number of thiophene rings is 1. The fraction of sp³-hybridized carbons (Fsp3) is 0.562. The fourth-order valence-electron chi connectivity index (χ4n) is 2.45. The van der Waals surface area contributed by atoms with E-state index in [1.54, 1.807) is 0 Å². The second-order valence-electron chi connectivity index (χ2n) is 5.13. The summed E-state index contributed by atoms with van der Waals surface area (Å²) < 4.78 is 1.92. The van der Waals surface area contributed by atoms with Crippen molar-refractivity contribution < 1.29 is 0 Å². The van der Waals surface area contributed by atoms with Crippen molar-refractivity contribution in [2.75, 3.05) is 6.54 Å². The van der Waals surface area contributed by atoms with Crippen molar-refractivity contribution in [2.45, 2.75) is 46.1 Å². The average Bonchev–Trinajstić information content (AvgIpc) is 3.06. The summed E-state index contributed by atoms with van der Waals surface area (Å²) >= 11 is 1.90. The molecule has 4 heteroatoms. The molecule has 2 aromatic rings. The summed E-state index contributed by atoms with van der Waals surface area (Å²) in [6.45, 7) is 7.70. The van der Waals surface area contributed by atoms with Gasteiger partial charge < -0.3 is 5.32 Å². The van der Waals surface area contributed by atoms with E-state index < -0.39 is 0 Å². The molecule has 3 nitrogen and oxygen atoms in total. The second-order valence-corrected chi connectivity index (χ2v) is 6.25. The normalized spacial score (nSPS) is 12.8. The van der Waals surface area contributed by atoms with E-state index in [4.69, 9.17) is 0 Å². The highest BCUT2D eigenvalue weighted by Gasteiger charge is 2.14. The lowest BCUT2D eigenvalue weighted by Gasteiger charge is -2.14. The topological polar surface area (TPSA) is 29.9 Å². The number of nitrogens with one attached hydrogen (secondary N) is 1. The smallest absolute Gasteiger partial charge is 0.0708 e. The van der Waals surface area contributed by atoms with Crippen LogP contribution in [0, 0.1) is 0 Å². The minimum absolute atomic E-state index is 0.482. The van der Waals surface area contributed by atoms with Gasteiger partial charge in [-0.3, -0.25) is 4.68 Å². The third-order valence-corrected chi connectivity index (χ3v) is 4.76. The summed E-state index contributed by atoms with van der Waals surface area (Å²) in [6.07, 6.45) is 5.43. The van der Waals surface area contributed by atoms with E-state index in [9.17, 15) is 0 Å². The molecule has 2 aromatic heterocycles. The van der Waals surface area contributed by atoms with Crippen molar-refractivity contribution in [3.8, 4) is 10.4 Å². The van der Waals surface area contributed by atoms with Gasteiger partial charge >= 0.3 is 0 Å². The Kier molecular flexibility index (Phi) is 5.38. The van der Waals surface area contributed by atoms with E-state index in [1.165, 1.54) is 27.4 Å². The standard InChI is InChI=1S/C16H25N3S/c1-5-10-17-14(7-3)16-9-8-15(20-16)12-11-19(4)18-13(12)6-2/h8-9,11,14,17H,5-7,10H2,1-4H3. The van der Waals surface area contributed by atoms with Crippen LogP contribution in [0.3, 0.4) is 0 Å². The molecule has 0 fully saturated rings. The van der Waals surface area contributed by atoms with Gasteiger partial charge in [-0.25, -0.2) is 0 Å². The Bertz CT molecular complexity index is 542. The molecule has 20 heavy (non-hydrogen) atoms. The zero-order chi connectivity index (χ0) is 14.5. The molecule has 1 unspecified atom stereocenters. The Morgan fingerprint density at radius 1 is 1.30 bits per heavy atom. The highest BCUT2D eigenvalue weighted by atomic mass is 32.1. The van der Waals surface area contributed by atoms with Crippen LogP contribution in [0.15, 0.2) is 18.3 Å². The van der Waals surface area contributed by atoms with Crippen molar-refractivity contribution in [3.05, 3.63) is 28.9 Å². The van der Waals surface area contributed by atoms with Gasteiger partial charge in [-0.05, 0) is 37.9 Å². The highest BCUT2D eigenvalue weighted by Crippen LogP contribution is 2.34. The van der Waals surface area contributed by atoms with Gasteiger partial charge in [-0.15, -0.1) is 11.3 Å². The summed E-state index contributed by atoms with van der Waals surface area (Å²) in [5, 5.41) is 8.16. The van der Waals surface area contributed by atoms with Crippen LogP contribution in [0.25, 0.3) is 10.4 Å². The molecule has 0 radical (unpaired) electrons. The largest absolute Gasteiger partial charge is 0.309 e. The van der Waals surface area contributed by atoms with Gasteiger partial charge in [-0.2, -0.15) is 5.10 Å². The number of hydrogen-bond acceptors (Lipinski definition) is 3. The zero-order valence-electron chi connectivity index (χ0n) is 12.9. The SMILES string of the molecule is CCCNC(CC)c1ccc(-c2cn(C)nc2CC)s1. The Labute approximate surface area is 126 Å². The first-order valence-electron chi connectivity index (χ1n) is 7.55. The van der Waals surface area contributed by atoms with Gasteiger partial charge in [0.15, 0.2) is 0 Å². The van der Waals surface area contributed by atoms with E-state index in [1.807, 2.05) is 23.1 Å². The van der Waals surface area contributed by atoms with E-state index in [0.717, 1.165) is 19.4 Å². The van der Waals surface area contributed by atoms with Gasteiger partial charge in [0.05, 0.1) is 5.69 Å². The summed E-state index contributed by atoms with van der Waals surface area (Å²) in [4.78, 5) is 2.77. The van der Waals surface area contributed by atoms with E-state index in [2.05, 4.69) is 49.5 Å². The fourth-order valence-corrected chi connectivity index (χ4v) is 3.65. The van der Waals surface area contributed by atoms with E-state index >= 15 is 0 Å². The molecule has 0 aromatic carbocycles. The maximum atomic E-state index is 4.54. The molecule has 0 aliphatic carbocycles. The van der Waals surface area contributed by atoms with Gasteiger partial charge in [0.25, 0.3) is 0 Å². The molecular formula is C16H25N3S. The maximum Gasteiger partial charge on any atom is 0.0708 e. The first-order chi connectivity index (χ1) is 9.69. The number of aromatic nitrogens is 2. The van der Waals surface area contributed by atoms with Crippen LogP contribution in [0.2, 0.25) is 0 Å². The summed E-state index contributed by atoms with van der Waals surface area (Å²) in [7, 11) is 1.99. The van der Waals surface area contributed by atoms with Gasteiger partial charge in [0, 0.05) is 34.6 Å². The maximum absolute atomic E-state index is 4.54. The quantitative estimate of drug-likeness (QED) is 0.830. The minimum atomic E-state index is 0.482. The van der Waals surface area contributed by atoms with Crippen molar-refractivity contribution in [3.63, 3.8) is 0 Å². The van der Waals surface area contributed by atoms with Crippen LogP contribution in [0.5, 0.6) is 0 Å². The van der Waals surface area contributed by atoms with Crippen molar-refractivity contribution in [1.29, 1.82) is 0 Å². The third-order valence-electron chi connectivity index (χ3n) is 3.52. The Morgan fingerprint density at radius 3 is 2.75 bits per heavy atom. The number of aryl methyl sites for hydroxylation is 2. The lowest BCUT2D eigenvalue weighted by atomic mass is 10.1. The molecule has 0 bridgehead atoms. The van der Waals surface area contributed by atoms with Crippen molar-refractivity contribution >= 4 is 11.3 Å². The summed E-state index contributed by atoms with van der Waals surface area (Å²) in [6, 6.07) is 4.99. The first-order valence-corrected chi connectivity index (χ1v) is 8.37. The minimum Gasteiger partial charge on any atom is -0.309 e. The molecule has 2 heterocycles. The molecular weight excluding hydrogens is 266 g/mol. The van der Waals surface area contributed by atoms with Gasteiger partial charge in [0.1, 0.15) is 0 Å². The molecule has 0 aliphatic rings. The number of hydrogen-bond donors (Lipinski definition) is 1. The van der Waals surface area contributed by atoms with E-state index in [0.29, 0.717) is 6.04 Å². The molecule has 0 saturated heterocycles. The average molecular weight is 291 g/mol. The van der Waals surface area contributed by atoms with Gasteiger partial charge in [-0.1, -0.05) is 20.8 Å². The Morgan fingerprint density at radius 2 is 2.10 bits per heavy atom. The van der Waals surface area contributed by atoms with Crippen LogP contribution in [-0.4, -0.2) is 16.3 Å². The summed E-state index contributed by atoms with van der Waals surface area (Å²) in [5.41, 5.74) is 2.48. The first kappa shape index (κ1) is 15.3. The molecule has 1 atom stereocenters. The predicted molar refractivity (Wildman–Crippen MR) is 87.2 cm³/mol. The Balaban J connectivity index is 2.23. The van der Waals surface area contributed by atoms with Crippen molar-refractivity contribution in [1.82, 2.24) is 15.1 Å². The van der Waals surface area contributed by atoms with Crippen LogP contribution in [0.4, 0.5) is 0 Å².